The molecule has 2 fully saturated rings. The Kier molecular flexibility index (Phi) is 16.6. The summed E-state index contributed by atoms with van der Waals surface area (Å²) in [6.07, 6.45) is 2.75. The largest absolute Gasteiger partial charge is 2.00 e. The molecule has 0 spiro atoms. The van der Waals surface area contributed by atoms with Crippen molar-refractivity contribution >= 4 is 52.4 Å². The number of nitrogens with one attached hydrogen (secondary N) is 2. The Morgan fingerprint density at radius 3 is 1.32 bits per heavy atom. The molecule has 0 saturated carbocycles. The number of carbonyl (C=O) groups excluding carboxylic acids is 4. The van der Waals surface area contributed by atoms with Gasteiger partial charge in [0.05, 0.1) is 34.9 Å². The Hall–Kier alpha value is -4.01. The molecule has 2 aromatic rings. The van der Waals surface area contributed by atoms with Crippen molar-refractivity contribution in [2.45, 2.75) is 86.2 Å². The molecular formula is C35H45N5O6Pd. The molecule has 4 rings (SSSR count). The summed E-state index contributed by atoms with van der Waals surface area (Å²) in [4.78, 5) is 57.2. The SMILES string of the molecule is CC(=Nc1c(C)cc(OCC(=O)C2CCC(=O)N2)cc1C)C(C)=Nc1c(C)cc(OCC(=O)C2CCC(=O)N2)cc1C.CC=[N-].[CH3-].[Pd+2]. The maximum Gasteiger partial charge on any atom is 2.00 e. The monoisotopic (exact) mass is 737 g/mol. The summed E-state index contributed by atoms with van der Waals surface area (Å²) in [7, 11) is 0. The number of nitrogens with zero attached hydrogens (tertiary/aromatic N) is 3. The first-order chi connectivity index (χ1) is 21.3. The van der Waals surface area contributed by atoms with Crippen LogP contribution >= 0.6 is 0 Å². The van der Waals surface area contributed by atoms with Gasteiger partial charge >= 0.3 is 20.4 Å². The number of ether oxygens (including phenoxy) is 2. The minimum Gasteiger partial charge on any atom is -0.814 e. The van der Waals surface area contributed by atoms with Gasteiger partial charge in [0.25, 0.3) is 0 Å². The fraction of sp³-hybridized carbons (Fsp3) is 0.429. The van der Waals surface area contributed by atoms with E-state index < -0.39 is 12.1 Å². The Morgan fingerprint density at radius 1 is 0.766 bits per heavy atom. The van der Waals surface area contributed by atoms with E-state index in [0.29, 0.717) is 37.2 Å². The van der Waals surface area contributed by atoms with Gasteiger partial charge in [-0.3, -0.25) is 29.2 Å². The van der Waals surface area contributed by atoms with Crippen molar-refractivity contribution < 1.29 is 49.1 Å². The molecule has 0 aliphatic carbocycles. The van der Waals surface area contributed by atoms with Gasteiger partial charge in [0.15, 0.2) is 11.6 Å². The van der Waals surface area contributed by atoms with E-state index >= 15 is 0 Å². The number of aryl methyl sites for hydroxylation is 4. The molecule has 47 heavy (non-hydrogen) atoms. The number of carbonyl (C=O) groups is 4. The smallest absolute Gasteiger partial charge is 0.814 e. The van der Waals surface area contributed by atoms with Gasteiger partial charge in [-0.1, -0.05) is 6.92 Å². The summed E-state index contributed by atoms with van der Waals surface area (Å²) >= 11 is 0. The van der Waals surface area contributed by atoms with Crippen LogP contribution in [0.15, 0.2) is 34.3 Å². The molecule has 0 aromatic heterocycles. The van der Waals surface area contributed by atoms with Crippen molar-refractivity contribution in [3.05, 3.63) is 59.4 Å². The van der Waals surface area contributed by atoms with E-state index in [1.54, 1.807) is 6.92 Å². The Labute approximate surface area is 291 Å². The predicted molar refractivity (Wildman–Crippen MR) is 182 cm³/mol. The molecule has 256 valence electrons. The number of benzene rings is 2. The average Bonchev–Trinajstić information content (AvgIpc) is 3.62. The van der Waals surface area contributed by atoms with E-state index in [1.165, 1.54) is 0 Å². The summed E-state index contributed by atoms with van der Waals surface area (Å²) in [6.45, 7) is 12.9. The first kappa shape index (κ1) is 41.0. The number of ketones is 2. The van der Waals surface area contributed by atoms with Gasteiger partial charge < -0.3 is 32.9 Å². The number of aliphatic imine (C=N–C) groups is 2. The van der Waals surface area contributed by atoms with E-state index in [1.807, 2.05) is 65.8 Å². The second-order valence-electron chi connectivity index (χ2n) is 11.3. The Balaban J connectivity index is 0.00000213. The van der Waals surface area contributed by atoms with Crippen LogP contribution in [0, 0.1) is 35.1 Å². The topological polar surface area (TPSA) is 158 Å². The molecular weight excluding hydrogens is 693 g/mol. The van der Waals surface area contributed by atoms with Crippen molar-refractivity contribution in [2.75, 3.05) is 13.2 Å². The number of hydrogen-bond acceptors (Lipinski definition) is 8. The third kappa shape index (κ3) is 11.6. The Bertz CT molecular complexity index is 1390. The van der Waals surface area contributed by atoms with E-state index in [0.717, 1.165) is 51.3 Å². The second-order valence-corrected chi connectivity index (χ2v) is 11.3. The van der Waals surface area contributed by atoms with Crippen LogP contribution in [0.3, 0.4) is 0 Å². The van der Waals surface area contributed by atoms with Crippen LogP contribution in [-0.2, 0) is 39.6 Å². The molecule has 2 heterocycles. The van der Waals surface area contributed by atoms with Crippen LogP contribution in [0.5, 0.6) is 11.5 Å². The first-order valence-corrected chi connectivity index (χ1v) is 15.0. The van der Waals surface area contributed by atoms with Crippen molar-refractivity contribution in [3.63, 3.8) is 0 Å². The number of amides is 2. The van der Waals surface area contributed by atoms with Crippen molar-refractivity contribution in [3.8, 4) is 11.5 Å². The third-order valence-electron chi connectivity index (χ3n) is 7.54. The molecule has 11 nitrogen and oxygen atoms in total. The summed E-state index contributed by atoms with van der Waals surface area (Å²) in [5, 5.41) is 12.8. The van der Waals surface area contributed by atoms with Crippen LogP contribution in [0.1, 0.15) is 68.7 Å². The molecule has 12 heteroatoms. The fourth-order valence-electron chi connectivity index (χ4n) is 5.07. The molecule has 2 N–H and O–H groups in total. The maximum atomic E-state index is 12.3. The zero-order valence-corrected chi connectivity index (χ0v) is 29.9. The fourth-order valence-corrected chi connectivity index (χ4v) is 5.07. The molecule has 2 saturated heterocycles. The van der Waals surface area contributed by atoms with E-state index in [4.69, 9.17) is 24.9 Å². The number of rotatable bonds is 11. The standard InChI is InChI=1S/C32H38N4O6.C2H4N.CH3.Pd/c1-17-11-23(41-15-27(37)25-7-9-29(39)35-25)12-18(2)31(17)33-21(5)22(6)34-32-19(3)13-24(14-20(32)4)42-16-28(38)26-8-10-30(40)36-26;1-2-3;;/h11-14,25-26H,7-10,15-16H2,1-6H3,(H,35,39)(H,36,40);2H,1H3;1H3;/q;2*-1;+2. The van der Waals surface area contributed by atoms with Crippen molar-refractivity contribution in [1.82, 2.24) is 10.6 Å². The van der Waals surface area contributed by atoms with Gasteiger partial charge in [0.1, 0.15) is 24.7 Å². The van der Waals surface area contributed by atoms with Gasteiger partial charge in [-0.2, -0.15) is 0 Å². The summed E-state index contributed by atoms with van der Waals surface area (Å²) < 4.78 is 11.5. The van der Waals surface area contributed by atoms with Crippen molar-refractivity contribution in [2.24, 2.45) is 9.98 Å². The van der Waals surface area contributed by atoms with Crippen LogP contribution < -0.4 is 20.1 Å². The zero-order chi connectivity index (χ0) is 33.3. The van der Waals surface area contributed by atoms with E-state index in [9.17, 15) is 19.2 Å². The molecule has 2 aliphatic heterocycles. The quantitative estimate of drug-likeness (QED) is 0.180. The third-order valence-corrected chi connectivity index (χ3v) is 7.54. The van der Waals surface area contributed by atoms with Gasteiger partial charge in [-0.15, -0.1) is 0 Å². The van der Waals surface area contributed by atoms with Gasteiger partial charge in [0.2, 0.25) is 11.8 Å². The van der Waals surface area contributed by atoms with Crippen molar-refractivity contribution in [1.29, 1.82) is 0 Å². The summed E-state index contributed by atoms with van der Waals surface area (Å²) in [5.41, 5.74) is 6.74. The minimum atomic E-state index is -0.471. The normalized spacial score (nSPS) is 17.3. The molecule has 2 atom stereocenters. The van der Waals surface area contributed by atoms with E-state index in [2.05, 4.69) is 10.6 Å². The van der Waals surface area contributed by atoms with Crippen LogP contribution in [0.4, 0.5) is 11.4 Å². The summed E-state index contributed by atoms with van der Waals surface area (Å²) in [6, 6.07) is 6.46. The van der Waals surface area contributed by atoms with Gasteiger partial charge in [0, 0.05) is 12.8 Å². The van der Waals surface area contributed by atoms with E-state index in [-0.39, 0.29) is 64.4 Å². The maximum absolute atomic E-state index is 12.3. The zero-order valence-electron chi connectivity index (χ0n) is 28.4. The first-order valence-electron chi connectivity index (χ1n) is 15.0. The van der Waals surface area contributed by atoms with Gasteiger partial charge in [-0.05, 0) is 101 Å². The number of Topliss-reactive ketones (excluding diaryl/α,β-unsaturated/α-hetero) is 2. The average molecular weight is 738 g/mol. The number of hydrogen-bond donors (Lipinski definition) is 2. The minimum absolute atomic E-state index is 0. The van der Waals surface area contributed by atoms with Crippen LogP contribution in [0.2, 0.25) is 0 Å². The Morgan fingerprint density at radius 2 is 1.06 bits per heavy atom. The molecule has 2 aliphatic rings. The second kappa shape index (κ2) is 19.0. The summed E-state index contributed by atoms with van der Waals surface area (Å²) in [5.74, 6) is 0.667. The molecule has 2 amide bonds. The molecule has 2 aromatic carbocycles. The predicted octanol–water partition coefficient (Wildman–Crippen LogP) is 5.35. The molecule has 0 bridgehead atoms. The van der Waals surface area contributed by atoms with Crippen LogP contribution in [0.25, 0.3) is 5.41 Å². The molecule has 0 radical (unpaired) electrons. The molecule has 2 unspecified atom stereocenters. The van der Waals surface area contributed by atoms with Gasteiger partial charge in [-0.25, -0.2) is 6.21 Å². The van der Waals surface area contributed by atoms with Crippen LogP contribution in [-0.4, -0.2) is 66.3 Å².